The van der Waals surface area contributed by atoms with Crippen molar-refractivity contribution in [1.82, 2.24) is 0 Å². The van der Waals surface area contributed by atoms with Crippen LogP contribution in [-0.4, -0.2) is 11.4 Å². The number of rotatable bonds is 1. The molecule has 72 valence electrons. The molecule has 2 heteroatoms. The van der Waals surface area contributed by atoms with E-state index in [1.165, 1.54) is 0 Å². The molecule has 0 heterocycles. The molecule has 0 aliphatic carbocycles. The number of aryl methyl sites for hydroxylation is 2. The van der Waals surface area contributed by atoms with E-state index in [1.807, 2.05) is 26.8 Å². The lowest BCUT2D eigenvalue weighted by Gasteiger charge is -2.02. The standard InChI is InChI=1S/C9H10O2.C2H6/c1-6-3-7(2)9(11)8(4-6)5-10;1-2/h3-5,11H,1-2H3;1-2H3. The van der Waals surface area contributed by atoms with Crippen LogP contribution in [0, 0.1) is 13.8 Å². The summed E-state index contributed by atoms with van der Waals surface area (Å²) in [5, 5.41) is 9.29. The van der Waals surface area contributed by atoms with Gasteiger partial charge >= 0.3 is 0 Å². The molecule has 0 fully saturated rings. The zero-order chi connectivity index (χ0) is 10.4. The minimum absolute atomic E-state index is 0.0885. The van der Waals surface area contributed by atoms with E-state index in [0.29, 0.717) is 11.8 Å². The third kappa shape index (κ3) is 2.90. The summed E-state index contributed by atoms with van der Waals surface area (Å²) < 4.78 is 0. The van der Waals surface area contributed by atoms with Crippen molar-refractivity contribution in [1.29, 1.82) is 0 Å². The van der Waals surface area contributed by atoms with Crippen LogP contribution in [-0.2, 0) is 0 Å². The van der Waals surface area contributed by atoms with Crippen LogP contribution in [0.5, 0.6) is 5.75 Å². The maximum absolute atomic E-state index is 10.4. The summed E-state index contributed by atoms with van der Waals surface area (Å²) >= 11 is 0. The molecule has 0 aliphatic heterocycles. The van der Waals surface area contributed by atoms with E-state index in [1.54, 1.807) is 13.0 Å². The van der Waals surface area contributed by atoms with Crippen molar-refractivity contribution in [3.63, 3.8) is 0 Å². The summed E-state index contributed by atoms with van der Waals surface area (Å²) in [4.78, 5) is 10.4. The van der Waals surface area contributed by atoms with Gasteiger partial charge < -0.3 is 5.11 Å². The van der Waals surface area contributed by atoms with Gasteiger partial charge in [-0.15, -0.1) is 0 Å². The molecule has 0 aromatic heterocycles. The predicted molar refractivity (Wildman–Crippen MR) is 54.3 cm³/mol. The van der Waals surface area contributed by atoms with Gasteiger partial charge in [-0.2, -0.15) is 0 Å². The average molecular weight is 180 g/mol. The summed E-state index contributed by atoms with van der Waals surface area (Å²) in [6.07, 6.45) is 0.662. The Morgan fingerprint density at radius 3 is 2.23 bits per heavy atom. The van der Waals surface area contributed by atoms with E-state index in [4.69, 9.17) is 0 Å². The van der Waals surface area contributed by atoms with E-state index < -0.39 is 0 Å². The molecule has 0 radical (unpaired) electrons. The minimum Gasteiger partial charge on any atom is -0.507 e. The van der Waals surface area contributed by atoms with Gasteiger partial charge in [-0.1, -0.05) is 19.9 Å². The van der Waals surface area contributed by atoms with Gasteiger partial charge in [0.25, 0.3) is 0 Å². The number of hydrogen-bond acceptors (Lipinski definition) is 2. The van der Waals surface area contributed by atoms with Crippen LogP contribution in [0.15, 0.2) is 12.1 Å². The molecule has 0 atom stereocenters. The minimum atomic E-state index is 0.0885. The lowest BCUT2D eigenvalue weighted by Crippen LogP contribution is -1.86. The Labute approximate surface area is 79.2 Å². The maximum Gasteiger partial charge on any atom is 0.153 e. The first-order chi connectivity index (χ1) is 6.15. The number of phenolic OH excluding ortho intramolecular Hbond substituents is 1. The molecule has 0 saturated carbocycles. The SMILES string of the molecule is CC.Cc1cc(C)c(O)c(C=O)c1. The molecule has 0 unspecified atom stereocenters. The number of carbonyl (C=O) groups excluding carboxylic acids is 1. The molecule has 1 rings (SSSR count). The zero-order valence-corrected chi connectivity index (χ0v) is 8.59. The highest BCUT2D eigenvalue weighted by atomic mass is 16.3. The number of hydrogen-bond donors (Lipinski definition) is 1. The largest absolute Gasteiger partial charge is 0.507 e. The Hall–Kier alpha value is -1.31. The van der Waals surface area contributed by atoms with E-state index in [-0.39, 0.29) is 5.75 Å². The van der Waals surface area contributed by atoms with Crippen LogP contribution in [0.25, 0.3) is 0 Å². The summed E-state index contributed by atoms with van der Waals surface area (Å²) in [7, 11) is 0. The van der Waals surface area contributed by atoms with Crippen molar-refractivity contribution in [2.24, 2.45) is 0 Å². The zero-order valence-electron chi connectivity index (χ0n) is 8.59. The second-order valence-electron chi connectivity index (χ2n) is 2.64. The van der Waals surface area contributed by atoms with Crippen molar-refractivity contribution in [3.8, 4) is 5.75 Å². The second-order valence-corrected chi connectivity index (χ2v) is 2.64. The van der Waals surface area contributed by atoms with Gasteiger partial charge in [0.05, 0.1) is 5.56 Å². The number of carbonyl (C=O) groups is 1. The smallest absolute Gasteiger partial charge is 0.153 e. The fourth-order valence-corrected chi connectivity index (χ4v) is 1.08. The van der Waals surface area contributed by atoms with Crippen LogP contribution in [0.1, 0.15) is 35.3 Å². The Morgan fingerprint density at radius 2 is 1.77 bits per heavy atom. The number of aldehydes is 1. The predicted octanol–water partition coefficient (Wildman–Crippen LogP) is 2.85. The molecule has 1 N–H and O–H groups in total. The lowest BCUT2D eigenvalue weighted by atomic mass is 10.1. The third-order valence-corrected chi connectivity index (χ3v) is 1.60. The van der Waals surface area contributed by atoms with Gasteiger partial charge in [0.1, 0.15) is 5.75 Å². The number of benzene rings is 1. The first-order valence-electron chi connectivity index (χ1n) is 4.40. The molecular formula is C11H16O2. The van der Waals surface area contributed by atoms with Gasteiger partial charge in [0, 0.05) is 0 Å². The van der Waals surface area contributed by atoms with Gasteiger partial charge in [0.15, 0.2) is 6.29 Å². The summed E-state index contributed by atoms with van der Waals surface area (Å²) in [6, 6.07) is 3.50. The average Bonchev–Trinajstić information content (AvgIpc) is 2.14. The van der Waals surface area contributed by atoms with Gasteiger partial charge in [-0.25, -0.2) is 0 Å². The summed E-state index contributed by atoms with van der Waals surface area (Å²) in [5.74, 6) is 0.0885. The van der Waals surface area contributed by atoms with Gasteiger partial charge in [-0.05, 0) is 31.0 Å². The number of aromatic hydroxyl groups is 1. The van der Waals surface area contributed by atoms with E-state index >= 15 is 0 Å². The molecule has 0 amide bonds. The Balaban J connectivity index is 0.000000671. The van der Waals surface area contributed by atoms with Crippen LogP contribution >= 0.6 is 0 Å². The van der Waals surface area contributed by atoms with E-state index in [2.05, 4.69) is 0 Å². The molecule has 2 nitrogen and oxygen atoms in total. The Bertz CT molecular complexity index is 290. The summed E-state index contributed by atoms with van der Waals surface area (Å²) in [5.41, 5.74) is 2.09. The maximum atomic E-state index is 10.4. The van der Waals surface area contributed by atoms with Crippen LogP contribution in [0.4, 0.5) is 0 Å². The van der Waals surface area contributed by atoms with E-state index in [9.17, 15) is 9.90 Å². The van der Waals surface area contributed by atoms with E-state index in [0.717, 1.165) is 11.1 Å². The monoisotopic (exact) mass is 180 g/mol. The molecule has 0 aliphatic rings. The first-order valence-corrected chi connectivity index (χ1v) is 4.40. The molecule has 0 saturated heterocycles. The molecule has 13 heavy (non-hydrogen) atoms. The lowest BCUT2D eigenvalue weighted by molar-refractivity contribution is 0.112. The third-order valence-electron chi connectivity index (χ3n) is 1.60. The Morgan fingerprint density at radius 1 is 1.23 bits per heavy atom. The molecule has 0 bridgehead atoms. The molecule has 1 aromatic rings. The van der Waals surface area contributed by atoms with Crippen LogP contribution in [0.2, 0.25) is 0 Å². The van der Waals surface area contributed by atoms with Gasteiger partial charge in [0.2, 0.25) is 0 Å². The summed E-state index contributed by atoms with van der Waals surface area (Å²) in [6.45, 7) is 7.66. The van der Waals surface area contributed by atoms with Crippen molar-refractivity contribution in [3.05, 3.63) is 28.8 Å². The quantitative estimate of drug-likeness (QED) is 0.675. The highest BCUT2D eigenvalue weighted by Gasteiger charge is 2.02. The van der Waals surface area contributed by atoms with Crippen molar-refractivity contribution >= 4 is 6.29 Å². The normalized spacial score (nSPS) is 8.62. The molecule has 0 spiro atoms. The van der Waals surface area contributed by atoms with Crippen LogP contribution in [0.3, 0.4) is 0 Å². The van der Waals surface area contributed by atoms with Crippen molar-refractivity contribution in [2.45, 2.75) is 27.7 Å². The van der Waals surface area contributed by atoms with Crippen LogP contribution < -0.4 is 0 Å². The van der Waals surface area contributed by atoms with Gasteiger partial charge in [-0.3, -0.25) is 4.79 Å². The topological polar surface area (TPSA) is 37.3 Å². The molecule has 1 aromatic carbocycles. The highest BCUT2D eigenvalue weighted by molar-refractivity contribution is 5.80. The van der Waals surface area contributed by atoms with Crippen molar-refractivity contribution < 1.29 is 9.90 Å². The van der Waals surface area contributed by atoms with Crippen molar-refractivity contribution in [2.75, 3.05) is 0 Å². The second kappa shape index (κ2) is 5.36. The fraction of sp³-hybridized carbons (Fsp3) is 0.364. The fourth-order valence-electron chi connectivity index (χ4n) is 1.08. The highest BCUT2D eigenvalue weighted by Crippen LogP contribution is 2.21. The first kappa shape index (κ1) is 11.7. The Kier molecular flexibility index (Phi) is 4.82. The number of phenols is 1. The molecular weight excluding hydrogens is 164 g/mol.